The van der Waals surface area contributed by atoms with E-state index < -0.39 is 0 Å². The quantitative estimate of drug-likeness (QED) is 0.563. The zero-order valence-electron chi connectivity index (χ0n) is 13.5. The second-order valence-corrected chi connectivity index (χ2v) is 6.00. The van der Waals surface area contributed by atoms with Crippen LogP contribution in [0.3, 0.4) is 0 Å². The fourth-order valence-electron chi connectivity index (χ4n) is 3.21. The van der Waals surface area contributed by atoms with Gasteiger partial charge in [-0.2, -0.15) is 0 Å². The largest absolute Gasteiger partial charge is 0.398 e. The predicted molar refractivity (Wildman–Crippen MR) is 97.9 cm³/mol. The van der Waals surface area contributed by atoms with Gasteiger partial charge >= 0.3 is 0 Å². The SMILES string of the molecule is Nc1cccc2c1C(=O)c1c(NCc3ccccc3)cccc1C2=O. The number of nitrogens with one attached hydrogen (secondary N) is 1. The zero-order valence-corrected chi connectivity index (χ0v) is 13.5. The van der Waals surface area contributed by atoms with E-state index in [2.05, 4.69) is 5.32 Å². The third kappa shape index (κ3) is 2.48. The maximum absolute atomic E-state index is 13.0. The number of nitrogens with two attached hydrogens (primary N) is 1. The number of fused-ring (bicyclic) bond motifs is 2. The van der Waals surface area contributed by atoms with Crippen LogP contribution >= 0.6 is 0 Å². The second-order valence-electron chi connectivity index (χ2n) is 6.00. The van der Waals surface area contributed by atoms with Crippen molar-refractivity contribution in [1.29, 1.82) is 0 Å². The molecule has 122 valence electrons. The molecular weight excluding hydrogens is 312 g/mol. The Hall–Kier alpha value is -3.40. The van der Waals surface area contributed by atoms with Gasteiger partial charge in [0.25, 0.3) is 0 Å². The fourth-order valence-corrected chi connectivity index (χ4v) is 3.21. The van der Waals surface area contributed by atoms with Crippen LogP contribution in [0.2, 0.25) is 0 Å². The van der Waals surface area contributed by atoms with Crippen LogP contribution in [0.25, 0.3) is 0 Å². The minimum atomic E-state index is -0.209. The molecule has 4 heteroatoms. The van der Waals surface area contributed by atoms with Crippen molar-refractivity contribution < 1.29 is 9.59 Å². The van der Waals surface area contributed by atoms with Gasteiger partial charge < -0.3 is 11.1 Å². The van der Waals surface area contributed by atoms with E-state index in [1.54, 1.807) is 30.3 Å². The lowest BCUT2D eigenvalue weighted by atomic mass is 9.82. The molecule has 4 rings (SSSR count). The van der Waals surface area contributed by atoms with Crippen molar-refractivity contribution in [2.24, 2.45) is 0 Å². The molecule has 25 heavy (non-hydrogen) atoms. The zero-order chi connectivity index (χ0) is 17.4. The van der Waals surface area contributed by atoms with Crippen molar-refractivity contribution in [3.05, 3.63) is 94.5 Å². The number of carbonyl (C=O) groups excluding carboxylic acids is 2. The molecule has 0 spiro atoms. The van der Waals surface area contributed by atoms with E-state index in [-0.39, 0.29) is 11.6 Å². The molecule has 1 aliphatic carbocycles. The number of carbonyl (C=O) groups is 2. The molecule has 0 amide bonds. The summed E-state index contributed by atoms with van der Waals surface area (Å²) in [4.78, 5) is 25.8. The summed E-state index contributed by atoms with van der Waals surface area (Å²) in [5.74, 6) is -0.376. The van der Waals surface area contributed by atoms with Crippen molar-refractivity contribution in [3.8, 4) is 0 Å². The highest BCUT2D eigenvalue weighted by Gasteiger charge is 2.32. The Morgan fingerprint density at radius 2 is 1.40 bits per heavy atom. The van der Waals surface area contributed by atoms with E-state index in [1.165, 1.54) is 0 Å². The molecule has 1 aliphatic rings. The monoisotopic (exact) mass is 328 g/mol. The molecule has 0 unspecified atom stereocenters. The first-order valence-electron chi connectivity index (χ1n) is 8.05. The van der Waals surface area contributed by atoms with E-state index in [9.17, 15) is 9.59 Å². The maximum atomic E-state index is 13.0. The number of hydrogen-bond acceptors (Lipinski definition) is 4. The molecular formula is C21H16N2O2. The lowest BCUT2D eigenvalue weighted by Gasteiger charge is -2.21. The van der Waals surface area contributed by atoms with Gasteiger partial charge in [-0.05, 0) is 17.7 Å². The molecule has 0 saturated carbocycles. The van der Waals surface area contributed by atoms with Gasteiger partial charge in [0.2, 0.25) is 0 Å². The van der Waals surface area contributed by atoms with Gasteiger partial charge in [0.1, 0.15) is 0 Å². The van der Waals surface area contributed by atoms with Gasteiger partial charge in [0, 0.05) is 29.0 Å². The molecule has 3 aromatic rings. The Labute approximate surface area is 145 Å². The van der Waals surface area contributed by atoms with Crippen LogP contribution in [0.5, 0.6) is 0 Å². The van der Waals surface area contributed by atoms with Gasteiger partial charge in [-0.15, -0.1) is 0 Å². The van der Waals surface area contributed by atoms with Gasteiger partial charge in [0.15, 0.2) is 11.6 Å². The van der Waals surface area contributed by atoms with E-state index in [0.29, 0.717) is 40.2 Å². The lowest BCUT2D eigenvalue weighted by Crippen LogP contribution is -2.23. The first kappa shape index (κ1) is 15.1. The van der Waals surface area contributed by atoms with Crippen molar-refractivity contribution >= 4 is 22.9 Å². The van der Waals surface area contributed by atoms with E-state index in [4.69, 9.17) is 5.73 Å². The van der Waals surface area contributed by atoms with Crippen LogP contribution in [-0.2, 0) is 6.54 Å². The number of nitrogen functional groups attached to an aromatic ring is 1. The molecule has 0 aliphatic heterocycles. The van der Waals surface area contributed by atoms with Crippen molar-refractivity contribution in [3.63, 3.8) is 0 Å². The Morgan fingerprint density at radius 3 is 2.16 bits per heavy atom. The van der Waals surface area contributed by atoms with E-state index in [0.717, 1.165) is 5.56 Å². The Bertz CT molecular complexity index is 994. The fraction of sp³-hybridized carbons (Fsp3) is 0.0476. The number of anilines is 2. The summed E-state index contributed by atoms with van der Waals surface area (Å²) in [7, 11) is 0. The highest BCUT2D eigenvalue weighted by molar-refractivity contribution is 6.31. The average Bonchev–Trinajstić information content (AvgIpc) is 2.65. The van der Waals surface area contributed by atoms with Gasteiger partial charge in [0.05, 0.1) is 11.1 Å². The van der Waals surface area contributed by atoms with Crippen LogP contribution in [0.4, 0.5) is 11.4 Å². The average molecular weight is 328 g/mol. The van der Waals surface area contributed by atoms with Crippen LogP contribution in [0, 0.1) is 0 Å². The van der Waals surface area contributed by atoms with Gasteiger partial charge in [-0.1, -0.05) is 54.6 Å². The molecule has 3 aromatic carbocycles. The topological polar surface area (TPSA) is 72.2 Å². The molecule has 0 aromatic heterocycles. The highest BCUT2D eigenvalue weighted by Crippen LogP contribution is 2.34. The highest BCUT2D eigenvalue weighted by atomic mass is 16.1. The second kappa shape index (κ2) is 5.91. The molecule has 0 fully saturated rings. The standard InChI is InChI=1S/C21H16N2O2/c22-16-10-4-8-14-18(16)21(25)19-15(20(14)24)9-5-11-17(19)23-12-13-6-2-1-3-7-13/h1-11,23H,12,22H2. The minimum absolute atomic E-state index is 0.166. The van der Waals surface area contributed by atoms with E-state index >= 15 is 0 Å². The number of rotatable bonds is 3. The molecule has 0 radical (unpaired) electrons. The molecule has 3 N–H and O–H groups in total. The minimum Gasteiger partial charge on any atom is -0.398 e. The molecule has 0 bridgehead atoms. The Kier molecular flexibility index (Phi) is 3.58. The number of hydrogen-bond donors (Lipinski definition) is 2. The molecule has 0 atom stereocenters. The van der Waals surface area contributed by atoms with Crippen molar-refractivity contribution in [2.75, 3.05) is 11.1 Å². The summed E-state index contributed by atoms with van der Waals surface area (Å²) in [5.41, 5.74) is 9.53. The third-order valence-corrected chi connectivity index (χ3v) is 4.43. The number of benzene rings is 3. The lowest BCUT2D eigenvalue weighted by molar-refractivity contribution is 0.0980. The van der Waals surface area contributed by atoms with Crippen LogP contribution in [0.1, 0.15) is 37.4 Å². The van der Waals surface area contributed by atoms with Crippen LogP contribution in [0.15, 0.2) is 66.7 Å². The molecule has 4 nitrogen and oxygen atoms in total. The summed E-state index contributed by atoms with van der Waals surface area (Å²) < 4.78 is 0. The smallest absolute Gasteiger partial charge is 0.198 e. The first-order valence-corrected chi connectivity index (χ1v) is 8.05. The first-order chi connectivity index (χ1) is 12.2. The summed E-state index contributed by atoms with van der Waals surface area (Å²) in [6.07, 6.45) is 0. The predicted octanol–water partition coefficient (Wildman–Crippen LogP) is 3.66. The third-order valence-electron chi connectivity index (χ3n) is 4.43. The summed E-state index contributed by atoms with van der Waals surface area (Å²) in [5, 5.41) is 3.28. The summed E-state index contributed by atoms with van der Waals surface area (Å²) in [6.45, 7) is 0.565. The summed E-state index contributed by atoms with van der Waals surface area (Å²) >= 11 is 0. The van der Waals surface area contributed by atoms with Gasteiger partial charge in [-0.25, -0.2) is 0 Å². The van der Waals surface area contributed by atoms with Crippen LogP contribution in [-0.4, -0.2) is 11.6 Å². The number of ketones is 2. The van der Waals surface area contributed by atoms with E-state index in [1.807, 2.05) is 36.4 Å². The van der Waals surface area contributed by atoms with Gasteiger partial charge in [-0.3, -0.25) is 9.59 Å². The van der Waals surface area contributed by atoms with Crippen LogP contribution < -0.4 is 11.1 Å². The van der Waals surface area contributed by atoms with Crippen molar-refractivity contribution in [2.45, 2.75) is 6.54 Å². The molecule has 0 heterocycles. The summed E-state index contributed by atoms with van der Waals surface area (Å²) in [6, 6.07) is 20.2. The molecule has 0 saturated heterocycles. The maximum Gasteiger partial charge on any atom is 0.198 e. The Balaban J connectivity index is 1.77. The Morgan fingerprint density at radius 1 is 0.720 bits per heavy atom. The van der Waals surface area contributed by atoms with Crippen molar-refractivity contribution in [1.82, 2.24) is 0 Å². The normalized spacial score (nSPS) is 12.5.